The molecule has 1 heterocycles. The molecule has 170 valence electrons. The first-order chi connectivity index (χ1) is 14.7. The van der Waals surface area contributed by atoms with Gasteiger partial charge >= 0.3 is 16.3 Å². The summed E-state index contributed by atoms with van der Waals surface area (Å²) in [5.41, 5.74) is 0.752. The van der Waals surface area contributed by atoms with Crippen LogP contribution in [-0.2, 0) is 26.1 Å². The third kappa shape index (κ3) is 9.15. The number of halogens is 2. The third-order valence-electron chi connectivity index (χ3n) is 3.62. The summed E-state index contributed by atoms with van der Waals surface area (Å²) in [4.78, 5) is 15.4. The predicted molar refractivity (Wildman–Crippen MR) is 114 cm³/mol. The Hall–Kier alpha value is -2.31. The number of amides is 1. The molecule has 3 N–H and O–H groups in total. The zero-order valence-electron chi connectivity index (χ0n) is 16.5. The van der Waals surface area contributed by atoms with E-state index < -0.39 is 16.3 Å². The van der Waals surface area contributed by atoms with Crippen LogP contribution < -0.4 is 19.3 Å². The minimum absolute atomic E-state index is 0.0488. The maximum Gasteiger partial charge on any atom is 0.421 e. The highest BCUT2D eigenvalue weighted by atomic mass is 35.5. The molecular weight excluding hydrogens is 473 g/mol. The van der Waals surface area contributed by atoms with Crippen LogP contribution in [0.2, 0.25) is 10.0 Å². The van der Waals surface area contributed by atoms with Gasteiger partial charge in [0.25, 0.3) is 0 Å². The minimum Gasteiger partial charge on any atom is -0.491 e. The second-order valence-corrected chi connectivity index (χ2v) is 8.18. The van der Waals surface area contributed by atoms with Gasteiger partial charge in [0.15, 0.2) is 0 Å². The van der Waals surface area contributed by atoms with E-state index in [1.54, 1.807) is 25.3 Å². The maximum atomic E-state index is 11.3. The molecular formula is C18H21Cl2N3O7S. The molecule has 13 heteroatoms. The molecule has 31 heavy (non-hydrogen) atoms. The van der Waals surface area contributed by atoms with Crippen LogP contribution in [0.4, 0.5) is 4.79 Å². The predicted octanol–water partition coefficient (Wildman–Crippen LogP) is 3.07. The molecule has 0 aliphatic heterocycles. The van der Waals surface area contributed by atoms with Crippen molar-refractivity contribution in [1.82, 2.24) is 9.71 Å². The molecule has 0 atom stereocenters. The number of rotatable bonds is 11. The lowest BCUT2D eigenvalue weighted by Crippen LogP contribution is -2.36. The van der Waals surface area contributed by atoms with Crippen LogP contribution >= 0.6 is 23.2 Å². The lowest BCUT2D eigenvalue weighted by molar-refractivity contribution is 0.146. The lowest BCUT2D eigenvalue weighted by Gasteiger charge is -2.14. The van der Waals surface area contributed by atoms with Crippen molar-refractivity contribution in [3.8, 4) is 17.4 Å². The van der Waals surface area contributed by atoms with Gasteiger partial charge in [-0.05, 0) is 30.5 Å². The molecule has 1 aromatic carbocycles. The molecule has 2 aromatic rings. The second-order valence-electron chi connectivity index (χ2n) is 6.04. The number of methoxy groups -OCH3 is 1. The van der Waals surface area contributed by atoms with Crippen molar-refractivity contribution in [3.05, 3.63) is 46.1 Å². The van der Waals surface area contributed by atoms with Gasteiger partial charge in [0.2, 0.25) is 5.88 Å². The fourth-order valence-electron chi connectivity index (χ4n) is 2.32. The highest BCUT2D eigenvalue weighted by molar-refractivity contribution is 7.87. The van der Waals surface area contributed by atoms with E-state index in [9.17, 15) is 13.2 Å². The van der Waals surface area contributed by atoms with Gasteiger partial charge < -0.3 is 18.9 Å². The Labute approximate surface area is 189 Å². The molecule has 0 saturated carbocycles. The minimum atomic E-state index is -4.17. The smallest absolute Gasteiger partial charge is 0.421 e. The van der Waals surface area contributed by atoms with E-state index in [0.29, 0.717) is 42.6 Å². The van der Waals surface area contributed by atoms with E-state index in [-0.39, 0.29) is 17.5 Å². The van der Waals surface area contributed by atoms with Crippen molar-refractivity contribution >= 4 is 39.5 Å². The number of carbonyl (C=O) groups is 1. The number of aromatic nitrogens is 1. The van der Waals surface area contributed by atoms with E-state index >= 15 is 0 Å². The number of carbonyl (C=O) groups excluding carboxylic acids is 1. The lowest BCUT2D eigenvalue weighted by atomic mass is 10.1. The number of aryl methyl sites for hydroxylation is 1. The normalized spacial score (nSPS) is 11.1. The van der Waals surface area contributed by atoms with Gasteiger partial charge in [-0.15, -0.1) is 0 Å². The summed E-state index contributed by atoms with van der Waals surface area (Å²) >= 11 is 12.0. The van der Waals surface area contributed by atoms with Gasteiger partial charge in [-0.3, -0.25) is 0 Å². The molecule has 0 spiro atoms. The highest BCUT2D eigenvalue weighted by Crippen LogP contribution is 2.33. The van der Waals surface area contributed by atoms with Crippen molar-refractivity contribution < 1.29 is 32.2 Å². The van der Waals surface area contributed by atoms with Crippen LogP contribution in [0.3, 0.4) is 0 Å². The number of hydrogen-bond donors (Lipinski definition) is 2. The summed E-state index contributed by atoms with van der Waals surface area (Å²) < 4.78 is 44.3. The van der Waals surface area contributed by atoms with Gasteiger partial charge in [0, 0.05) is 19.4 Å². The summed E-state index contributed by atoms with van der Waals surface area (Å²) in [5.74, 6) is 1.13. The molecule has 1 aromatic heterocycles. The summed E-state index contributed by atoms with van der Waals surface area (Å²) in [7, 11) is -2.60. The van der Waals surface area contributed by atoms with E-state index in [2.05, 4.69) is 4.98 Å². The van der Waals surface area contributed by atoms with Crippen molar-refractivity contribution in [3.63, 3.8) is 0 Å². The number of pyridine rings is 1. The Morgan fingerprint density at radius 2 is 1.97 bits per heavy atom. The molecule has 0 unspecified atom stereocenters. The van der Waals surface area contributed by atoms with Crippen LogP contribution in [0.25, 0.3) is 0 Å². The fourth-order valence-corrected chi connectivity index (χ4v) is 3.03. The Balaban J connectivity index is 2.08. The standard InChI is InChI=1S/C18H21Cl2N3O7S/c1-27-7-8-28-14-5-4-12(3-2-6-29-18(24)23-31(21,25)26)16(10-14)30-17-15(20)9-13(19)11-22-17/h4-5,9-11H,2-3,6-8H2,1H3,(H,23,24)(H2,21,25,26). The van der Waals surface area contributed by atoms with Crippen molar-refractivity contribution in [1.29, 1.82) is 0 Å². The monoisotopic (exact) mass is 493 g/mol. The fraction of sp³-hybridized carbons (Fsp3) is 0.333. The highest BCUT2D eigenvalue weighted by Gasteiger charge is 2.13. The molecule has 0 aliphatic carbocycles. The van der Waals surface area contributed by atoms with E-state index in [4.69, 9.17) is 47.3 Å². The zero-order chi connectivity index (χ0) is 22.9. The Kier molecular flexibility index (Phi) is 9.59. The van der Waals surface area contributed by atoms with E-state index in [1.165, 1.54) is 17.0 Å². The van der Waals surface area contributed by atoms with Gasteiger partial charge in [-0.2, -0.15) is 8.42 Å². The quantitative estimate of drug-likeness (QED) is 0.455. The Morgan fingerprint density at radius 3 is 2.65 bits per heavy atom. The molecule has 2 rings (SSSR count). The van der Waals surface area contributed by atoms with Crippen LogP contribution in [0.15, 0.2) is 30.5 Å². The first-order valence-corrected chi connectivity index (χ1v) is 11.2. The second kappa shape index (κ2) is 11.9. The van der Waals surface area contributed by atoms with Crippen LogP contribution in [0.5, 0.6) is 17.4 Å². The molecule has 0 aliphatic rings. The van der Waals surface area contributed by atoms with E-state index in [0.717, 1.165) is 5.56 Å². The zero-order valence-corrected chi connectivity index (χ0v) is 18.8. The van der Waals surface area contributed by atoms with Gasteiger partial charge in [0.05, 0.1) is 18.2 Å². The number of ether oxygens (including phenoxy) is 4. The number of hydrogen-bond acceptors (Lipinski definition) is 8. The largest absolute Gasteiger partial charge is 0.491 e. The topological polar surface area (TPSA) is 139 Å². The number of nitrogens with one attached hydrogen (secondary N) is 1. The summed E-state index contributed by atoms with van der Waals surface area (Å²) in [6.07, 6.45) is 1.05. The molecule has 0 radical (unpaired) electrons. The van der Waals surface area contributed by atoms with Crippen LogP contribution in [0.1, 0.15) is 12.0 Å². The SMILES string of the molecule is COCCOc1ccc(CCCOC(=O)NS(N)(=O)=O)c(Oc2ncc(Cl)cc2Cl)c1. The molecule has 1 amide bonds. The Bertz CT molecular complexity index is 1010. The van der Waals surface area contributed by atoms with Crippen molar-refractivity contribution in [2.24, 2.45) is 5.14 Å². The van der Waals surface area contributed by atoms with Crippen molar-refractivity contribution in [2.45, 2.75) is 12.8 Å². The summed E-state index contributed by atoms with van der Waals surface area (Å²) in [6.45, 7) is 0.718. The molecule has 0 saturated heterocycles. The molecule has 10 nitrogen and oxygen atoms in total. The number of benzene rings is 1. The summed E-state index contributed by atoms with van der Waals surface area (Å²) in [5, 5.41) is 5.30. The van der Waals surface area contributed by atoms with Crippen LogP contribution in [0, 0.1) is 0 Å². The van der Waals surface area contributed by atoms with Gasteiger partial charge in [-0.25, -0.2) is 19.6 Å². The van der Waals surface area contributed by atoms with Crippen LogP contribution in [-0.4, -0.2) is 46.4 Å². The van der Waals surface area contributed by atoms with Gasteiger partial charge in [-0.1, -0.05) is 29.3 Å². The van der Waals surface area contributed by atoms with Crippen molar-refractivity contribution in [2.75, 3.05) is 26.9 Å². The van der Waals surface area contributed by atoms with Gasteiger partial charge in [0.1, 0.15) is 23.1 Å². The number of nitrogens with zero attached hydrogens (tertiary/aromatic N) is 1. The third-order valence-corrected chi connectivity index (χ3v) is 4.55. The molecule has 0 fully saturated rings. The summed E-state index contributed by atoms with van der Waals surface area (Å²) in [6, 6.07) is 6.71. The Morgan fingerprint density at radius 1 is 1.19 bits per heavy atom. The van der Waals surface area contributed by atoms with E-state index in [1.807, 2.05) is 0 Å². The molecule has 0 bridgehead atoms. The first-order valence-electron chi connectivity index (χ1n) is 8.89. The first kappa shape index (κ1) is 25.0. The average molecular weight is 494 g/mol. The number of nitrogens with two attached hydrogens (primary N) is 1. The average Bonchev–Trinajstić information content (AvgIpc) is 2.67. The maximum absolute atomic E-state index is 11.3.